The maximum absolute atomic E-state index is 13.2. The van der Waals surface area contributed by atoms with Gasteiger partial charge in [0.05, 0.1) is 6.04 Å². The Morgan fingerprint density at radius 3 is 2.62 bits per heavy atom. The van der Waals surface area contributed by atoms with E-state index < -0.39 is 0 Å². The molecule has 1 atom stereocenters. The van der Waals surface area contributed by atoms with Crippen molar-refractivity contribution in [2.45, 2.75) is 19.6 Å². The number of rotatable bonds is 4. The number of hydrogen-bond donors (Lipinski definition) is 0. The summed E-state index contributed by atoms with van der Waals surface area (Å²) in [7, 11) is 0. The Balaban J connectivity index is 1.56. The van der Waals surface area contributed by atoms with Crippen LogP contribution in [0.5, 0.6) is 5.75 Å². The van der Waals surface area contributed by atoms with Gasteiger partial charge in [0, 0.05) is 12.2 Å². The van der Waals surface area contributed by atoms with Crippen molar-refractivity contribution < 1.29 is 13.9 Å². The van der Waals surface area contributed by atoms with Gasteiger partial charge >= 0.3 is 0 Å². The number of hydrogen-bond acceptors (Lipinski definition) is 3. The Morgan fingerprint density at radius 2 is 1.88 bits per heavy atom. The van der Waals surface area contributed by atoms with E-state index in [9.17, 15) is 9.18 Å². The first-order chi connectivity index (χ1) is 12.6. The highest BCUT2D eigenvalue weighted by molar-refractivity contribution is 6.05. The van der Waals surface area contributed by atoms with E-state index in [1.165, 1.54) is 12.1 Å². The number of fused-ring (bicyclic) bond motifs is 1. The number of carbonyl (C=O) groups is 1. The van der Waals surface area contributed by atoms with Crippen LogP contribution in [-0.2, 0) is 6.61 Å². The smallest absolute Gasteiger partial charge is 0.276 e. The number of nitrogens with zero attached hydrogens (tertiary/aromatic N) is 3. The summed E-state index contributed by atoms with van der Waals surface area (Å²) in [4.78, 5) is 14.5. The maximum atomic E-state index is 13.2. The van der Waals surface area contributed by atoms with Gasteiger partial charge in [0.2, 0.25) is 0 Å². The van der Waals surface area contributed by atoms with Crippen LogP contribution >= 0.6 is 0 Å². The molecule has 1 aromatic heterocycles. The summed E-state index contributed by atoms with van der Waals surface area (Å²) in [6.45, 7) is 2.78. The third-order valence-corrected chi connectivity index (χ3v) is 4.38. The van der Waals surface area contributed by atoms with Gasteiger partial charge in [-0.2, -0.15) is 5.10 Å². The van der Waals surface area contributed by atoms with Crippen molar-refractivity contribution in [3.63, 3.8) is 0 Å². The predicted octanol–water partition coefficient (Wildman–Crippen LogP) is 3.82. The number of halogens is 1. The van der Waals surface area contributed by atoms with E-state index in [4.69, 9.17) is 4.74 Å². The molecule has 2 heterocycles. The Hall–Kier alpha value is -3.15. The lowest BCUT2D eigenvalue weighted by atomic mass is 10.1. The molecule has 1 aliphatic rings. The molecule has 0 radical (unpaired) electrons. The van der Waals surface area contributed by atoms with Crippen molar-refractivity contribution in [2.75, 3.05) is 11.4 Å². The standard InChI is InChI=1S/C20H18FN3O2/c1-14-12-23(17-9-7-15(21)8-10-17)20(25)19-11-16(22-24(14)19)13-26-18-5-3-2-4-6-18/h2-11,14H,12-13H2,1H3/t14-/m0/s1. The molecule has 0 bridgehead atoms. The zero-order valence-corrected chi connectivity index (χ0v) is 14.3. The fourth-order valence-electron chi connectivity index (χ4n) is 3.09. The van der Waals surface area contributed by atoms with Gasteiger partial charge in [-0.15, -0.1) is 0 Å². The molecule has 0 saturated heterocycles. The van der Waals surface area contributed by atoms with Crippen LogP contribution in [0, 0.1) is 5.82 Å². The summed E-state index contributed by atoms with van der Waals surface area (Å²) in [5.74, 6) is 0.288. The molecule has 26 heavy (non-hydrogen) atoms. The first-order valence-corrected chi connectivity index (χ1v) is 8.45. The molecule has 0 saturated carbocycles. The van der Waals surface area contributed by atoms with Crippen LogP contribution in [0.2, 0.25) is 0 Å². The van der Waals surface area contributed by atoms with Gasteiger partial charge in [0.15, 0.2) is 0 Å². The Labute approximate surface area is 150 Å². The molecule has 132 valence electrons. The SMILES string of the molecule is C[C@H]1CN(c2ccc(F)cc2)C(=O)c2cc(COc3ccccc3)nn21. The number of carbonyl (C=O) groups excluding carboxylic acids is 1. The summed E-state index contributed by atoms with van der Waals surface area (Å²) < 4.78 is 20.6. The second-order valence-corrected chi connectivity index (χ2v) is 6.31. The first kappa shape index (κ1) is 16.3. The minimum absolute atomic E-state index is 0.0122. The molecule has 5 nitrogen and oxygen atoms in total. The van der Waals surface area contributed by atoms with Gasteiger partial charge in [-0.3, -0.25) is 9.48 Å². The molecule has 0 fully saturated rings. The zero-order chi connectivity index (χ0) is 18.1. The van der Waals surface area contributed by atoms with Crippen molar-refractivity contribution in [1.29, 1.82) is 0 Å². The molecule has 2 aromatic carbocycles. The van der Waals surface area contributed by atoms with E-state index in [1.807, 2.05) is 37.3 Å². The number of benzene rings is 2. The van der Waals surface area contributed by atoms with Gasteiger partial charge in [-0.25, -0.2) is 4.39 Å². The summed E-state index contributed by atoms with van der Waals surface area (Å²) in [5.41, 5.74) is 1.89. The lowest BCUT2D eigenvalue weighted by molar-refractivity contribution is 0.0953. The Bertz CT molecular complexity index is 922. The van der Waals surface area contributed by atoms with Crippen molar-refractivity contribution in [3.05, 3.63) is 77.9 Å². The summed E-state index contributed by atoms with van der Waals surface area (Å²) >= 11 is 0. The van der Waals surface area contributed by atoms with Gasteiger partial charge in [-0.1, -0.05) is 18.2 Å². The summed E-state index contributed by atoms with van der Waals surface area (Å²) in [6.07, 6.45) is 0. The topological polar surface area (TPSA) is 47.4 Å². The molecular weight excluding hydrogens is 333 g/mol. The van der Waals surface area contributed by atoms with E-state index in [2.05, 4.69) is 5.10 Å². The molecule has 0 spiro atoms. The van der Waals surface area contributed by atoms with Crippen LogP contribution in [0.15, 0.2) is 60.7 Å². The average Bonchev–Trinajstić information content (AvgIpc) is 3.10. The molecule has 1 aliphatic heterocycles. The summed E-state index contributed by atoms with van der Waals surface area (Å²) in [5, 5.41) is 4.52. The molecular formula is C20H18FN3O2. The maximum Gasteiger partial charge on any atom is 0.276 e. The Kier molecular flexibility index (Phi) is 4.16. The highest BCUT2D eigenvalue weighted by Gasteiger charge is 2.31. The fourth-order valence-corrected chi connectivity index (χ4v) is 3.09. The average molecular weight is 351 g/mol. The van der Waals surface area contributed by atoms with Crippen molar-refractivity contribution in [3.8, 4) is 5.75 Å². The quantitative estimate of drug-likeness (QED) is 0.718. The van der Waals surface area contributed by atoms with Crippen LogP contribution in [0.1, 0.15) is 29.1 Å². The second-order valence-electron chi connectivity index (χ2n) is 6.31. The lowest BCUT2D eigenvalue weighted by Gasteiger charge is -2.31. The fraction of sp³-hybridized carbons (Fsp3) is 0.200. The number of amides is 1. The molecule has 1 amide bonds. The van der Waals surface area contributed by atoms with E-state index >= 15 is 0 Å². The molecule has 0 unspecified atom stereocenters. The normalized spacial score (nSPS) is 16.5. The van der Waals surface area contributed by atoms with Crippen LogP contribution in [0.3, 0.4) is 0 Å². The predicted molar refractivity (Wildman–Crippen MR) is 95.8 cm³/mol. The number of anilines is 1. The van der Waals surface area contributed by atoms with Gasteiger partial charge < -0.3 is 9.64 Å². The molecule has 6 heteroatoms. The van der Waals surface area contributed by atoms with Crippen molar-refractivity contribution in [2.24, 2.45) is 0 Å². The van der Waals surface area contributed by atoms with Gasteiger partial charge in [0.1, 0.15) is 29.6 Å². The Morgan fingerprint density at radius 1 is 1.15 bits per heavy atom. The van der Waals surface area contributed by atoms with E-state index in [0.717, 1.165) is 5.75 Å². The zero-order valence-electron chi connectivity index (χ0n) is 14.3. The van der Waals surface area contributed by atoms with E-state index in [0.29, 0.717) is 30.2 Å². The largest absolute Gasteiger partial charge is 0.487 e. The lowest BCUT2D eigenvalue weighted by Crippen LogP contribution is -2.42. The molecule has 4 rings (SSSR count). The van der Waals surface area contributed by atoms with E-state index in [1.54, 1.807) is 27.8 Å². The van der Waals surface area contributed by atoms with Crippen LogP contribution in [0.4, 0.5) is 10.1 Å². The second kappa shape index (κ2) is 6.63. The third kappa shape index (κ3) is 3.06. The van der Waals surface area contributed by atoms with Crippen molar-refractivity contribution >= 4 is 11.6 Å². The first-order valence-electron chi connectivity index (χ1n) is 8.45. The number of para-hydroxylation sites is 1. The highest BCUT2D eigenvalue weighted by atomic mass is 19.1. The van der Waals surface area contributed by atoms with E-state index in [-0.39, 0.29) is 17.8 Å². The number of aromatic nitrogens is 2. The van der Waals surface area contributed by atoms with Gasteiger partial charge in [-0.05, 0) is 49.4 Å². The summed E-state index contributed by atoms with van der Waals surface area (Å²) in [6, 6.07) is 17.2. The minimum Gasteiger partial charge on any atom is -0.487 e. The van der Waals surface area contributed by atoms with Crippen LogP contribution < -0.4 is 9.64 Å². The molecule has 0 aliphatic carbocycles. The third-order valence-electron chi connectivity index (χ3n) is 4.38. The number of ether oxygens (including phenoxy) is 1. The van der Waals surface area contributed by atoms with Crippen LogP contribution in [-0.4, -0.2) is 22.2 Å². The highest BCUT2D eigenvalue weighted by Crippen LogP contribution is 2.27. The van der Waals surface area contributed by atoms with Gasteiger partial charge in [0.25, 0.3) is 5.91 Å². The minimum atomic E-state index is -0.323. The molecule has 3 aromatic rings. The van der Waals surface area contributed by atoms with Crippen molar-refractivity contribution in [1.82, 2.24) is 9.78 Å². The monoisotopic (exact) mass is 351 g/mol. The molecule has 0 N–H and O–H groups in total. The van der Waals surface area contributed by atoms with Crippen LogP contribution in [0.25, 0.3) is 0 Å².